The summed E-state index contributed by atoms with van der Waals surface area (Å²) in [6.45, 7) is 2.87. The third-order valence-electron chi connectivity index (χ3n) is 3.08. The third-order valence-corrected chi connectivity index (χ3v) is 3.08. The molecule has 2 aromatic rings. The van der Waals surface area contributed by atoms with Crippen LogP contribution in [0.2, 0.25) is 0 Å². The van der Waals surface area contributed by atoms with Crippen molar-refractivity contribution in [2.75, 3.05) is 45.1 Å². The Hall–Kier alpha value is -2.54. The highest BCUT2D eigenvalue weighted by molar-refractivity contribution is 5.60. The van der Waals surface area contributed by atoms with Crippen LogP contribution in [0.3, 0.4) is 0 Å². The fourth-order valence-corrected chi connectivity index (χ4v) is 1.98. The highest BCUT2D eigenvalue weighted by atomic mass is 16.5. The molecule has 1 aromatic carbocycles. The fourth-order valence-electron chi connectivity index (χ4n) is 1.98. The van der Waals surface area contributed by atoms with Crippen molar-refractivity contribution >= 4 is 17.5 Å². The number of aryl methyl sites for hydroxylation is 1. The molecule has 0 aliphatic heterocycles. The zero-order valence-corrected chi connectivity index (χ0v) is 13.8. The van der Waals surface area contributed by atoms with E-state index in [1.165, 1.54) is 0 Å². The predicted molar refractivity (Wildman–Crippen MR) is 90.0 cm³/mol. The molecule has 0 spiro atoms. The summed E-state index contributed by atoms with van der Waals surface area (Å²) in [5.74, 6) is 2.57. The van der Waals surface area contributed by atoms with E-state index >= 15 is 0 Å². The van der Waals surface area contributed by atoms with Crippen molar-refractivity contribution in [3.63, 3.8) is 0 Å². The van der Waals surface area contributed by atoms with Crippen LogP contribution in [0, 0.1) is 6.92 Å². The Kier molecular flexibility index (Phi) is 5.99. The van der Waals surface area contributed by atoms with Crippen LogP contribution in [-0.4, -0.2) is 44.4 Å². The molecule has 7 heteroatoms. The molecule has 0 atom stereocenters. The van der Waals surface area contributed by atoms with Gasteiger partial charge in [0.2, 0.25) is 5.95 Å². The molecule has 0 saturated heterocycles. The molecule has 0 bridgehead atoms. The van der Waals surface area contributed by atoms with Crippen LogP contribution in [-0.2, 0) is 4.74 Å². The Morgan fingerprint density at radius 2 is 1.87 bits per heavy atom. The minimum atomic E-state index is 0.446. The number of anilines is 3. The molecule has 1 aromatic heterocycles. The largest absolute Gasteiger partial charge is 0.493 e. The first-order chi connectivity index (χ1) is 11.2. The number of nitrogens with one attached hydrogen (secondary N) is 2. The number of rotatable bonds is 8. The monoisotopic (exact) mass is 318 g/mol. The summed E-state index contributed by atoms with van der Waals surface area (Å²) < 4.78 is 16.0. The Balaban J connectivity index is 2.19. The molecular weight excluding hydrogens is 296 g/mol. The summed E-state index contributed by atoms with van der Waals surface area (Å²) in [6.07, 6.45) is 0. The van der Waals surface area contributed by atoms with Crippen molar-refractivity contribution in [2.24, 2.45) is 0 Å². The lowest BCUT2D eigenvalue weighted by Gasteiger charge is -2.13. The second-order valence-corrected chi connectivity index (χ2v) is 4.80. The van der Waals surface area contributed by atoms with E-state index in [-0.39, 0.29) is 0 Å². The second-order valence-electron chi connectivity index (χ2n) is 4.80. The van der Waals surface area contributed by atoms with Gasteiger partial charge in [-0.1, -0.05) is 0 Å². The summed E-state index contributed by atoms with van der Waals surface area (Å²) in [5, 5.41) is 6.18. The molecule has 0 fully saturated rings. The van der Waals surface area contributed by atoms with Crippen LogP contribution < -0.4 is 20.1 Å². The van der Waals surface area contributed by atoms with Crippen molar-refractivity contribution in [3.8, 4) is 11.5 Å². The molecule has 0 aliphatic carbocycles. The maximum absolute atomic E-state index is 5.67. The Labute approximate surface area is 136 Å². The molecule has 0 amide bonds. The first-order valence-electron chi connectivity index (χ1n) is 7.26. The topological polar surface area (TPSA) is 77.5 Å². The molecule has 7 nitrogen and oxygen atoms in total. The van der Waals surface area contributed by atoms with E-state index in [1.54, 1.807) is 14.2 Å². The lowest BCUT2D eigenvalue weighted by molar-refractivity contribution is 0.144. The van der Waals surface area contributed by atoms with Crippen LogP contribution in [0.15, 0.2) is 24.3 Å². The van der Waals surface area contributed by atoms with E-state index in [2.05, 4.69) is 20.6 Å². The SMILES string of the molecule is CNc1cc(C)nc(Nc2ccc(OC)c(OCCOC)c2)n1. The van der Waals surface area contributed by atoms with E-state index in [4.69, 9.17) is 14.2 Å². The minimum absolute atomic E-state index is 0.446. The highest BCUT2D eigenvalue weighted by Gasteiger charge is 2.08. The maximum Gasteiger partial charge on any atom is 0.229 e. The summed E-state index contributed by atoms with van der Waals surface area (Å²) in [5.41, 5.74) is 1.68. The van der Waals surface area contributed by atoms with E-state index in [1.807, 2.05) is 38.2 Å². The number of hydrogen-bond acceptors (Lipinski definition) is 7. The van der Waals surface area contributed by atoms with Gasteiger partial charge in [0.05, 0.1) is 13.7 Å². The Bertz CT molecular complexity index is 649. The van der Waals surface area contributed by atoms with E-state index in [0.717, 1.165) is 17.2 Å². The van der Waals surface area contributed by atoms with Crippen molar-refractivity contribution in [3.05, 3.63) is 30.0 Å². The molecular formula is C16H22N4O3. The Morgan fingerprint density at radius 1 is 1.04 bits per heavy atom. The van der Waals surface area contributed by atoms with Crippen molar-refractivity contribution in [2.45, 2.75) is 6.92 Å². The van der Waals surface area contributed by atoms with Crippen LogP contribution in [0.1, 0.15) is 5.69 Å². The van der Waals surface area contributed by atoms with Crippen molar-refractivity contribution < 1.29 is 14.2 Å². The second kappa shape index (κ2) is 8.19. The van der Waals surface area contributed by atoms with E-state index in [9.17, 15) is 0 Å². The van der Waals surface area contributed by atoms with Gasteiger partial charge in [-0.3, -0.25) is 0 Å². The standard InChI is InChI=1S/C16H22N4O3/c1-11-9-15(17-2)20-16(18-11)19-12-5-6-13(22-4)14(10-12)23-8-7-21-3/h5-6,9-10H,7-8H2,1-4H3,(H2,17,18,19,20). The van der Waals surface area contributed by atoms with Crippen LogP contribution in [0.4, 0.5) is 17.5 Å². The van der Waals surface area contributed by atoms with Crippen LogP contribution in [0.5, 0.6) is 11.5 Å². The van der Waals surface area contributed by atoms with Gasteiger partial charge in [-0.2, -0.15) is 4.98 Å². The van der Waals surface area contributed by atoms with Gasteiger partial charge in [-0.25, -0.2) is 4.98 Å². The number of aromatic nitrogens is 2. The average Bonchev–Trinajstić information content (AvgIpc) is 2.55. The number of ether oxygens (including phenoxy) is 3. The highest BCUT2D eigenvalue weighted by Crippen LogP contribution is 2.31. The van der Waals surface area contributed by atoms with Gasteiger partial charge in [-0.05, 0) is 19.1 Å². The quantitative estimate of drug-likeness (QED) is 0.724. The summed E-state index contributed by atoms with van der Waals surface area (Å²) in [4.78, 5) is 8.74. The van der Waals surface area contributed by atoms with Crippen molar-refractivity contribution in [1.29, 1.82) is 0 Å². The summed E-state index contributed by atoms with van der Waals surface area (Å²) in [7, 11) is 5.06. The molecule has 124 valence electrons. The average molecular weight is 318 g/mol. The fraction of sp³-hybridized carbons (Fsp3) is 0.375. The first kappa shape index (κ1) is 16.8. The number of benzene rings is 1. The van der Waals surface area contributed by atoms with Gasteiger partial charge in [0.25, 0.3) is 0 Å². The maximum atomic E-state index is 5.67. The van der Waals surface area contributed by atoms with Gasteiger partial charge in [-0.15, -0.1) is 0 Å². The van der Waals surface area contributed by atoms with E-state index in [0.29, 0.717) is 30.7 Å². The van der Waals surface area contributed by atoms with Crippen LogP contribution >= 0.6 is 0 Å². The van der Waals surface area contributed by atoms with Gasteiger partial charge >= 0.3 is 0 Å². The minimum Gasteiger partial charge on any atom is -0.493 e. The lowest BCUT2D eigenvalue weighted by atomic mass is 10.2. The van der Waals surface area contributed by atoms with Gasteiger partial charge in [0.15, 0.2) is 11.5 Å². The smallest absolute Gasteiger partial charge is 0.229 e. The first-order valence-corrected chi connectivity index (χ1v) is 7.26. The molecule has 2 rings (SSSR count). The van der Waals surface area contributed by atoms with Gasteiger partial charge in [0, 0.05) is 37.7 Å². The predicted octanol–water partition coefficient (Wildman–Crippen LogP) is 2.60. The van der Waals surface area contributed by atoms with Crippen LogP contribution in [0.25, 0.3) is 0 Å². The van der Waals surface area contributed by atoms with Crippen molar-refractivity contribution in [1.82, 2.24) is 9.97 Å². The summed E-state index contributed by atoms with van der Waals surface area (Å²) >= 11 is 0. The number of nitrogens with zero attached hydrogens (tertiary/aromatic N) is 2. The zero-order chi connectivity index (χ0) is 16.7. The molecule has 0 aliphatic rings. The normalized spacial score (nSPS) is 10.3. The summed E-state index contributed by atoms with van der Waals surface area (Å²) in [6, 6.07) is 7.43. The Morgan fingerprint density at radius 3 is 2.57 bits per heavy atom. The lowest BCUT2D eigenvalue weighted by Crippen LogP contribution is -2.06. The molecule has 2 N–H and O–H groups in total. The molecule has 1 heterocycles. The van der Waals surface area contributed by atoms with Gasteiger partial charge < -0.3 is 24.8 Å². The molecule has 0 unspecified atom stereocenters. The molecule has 23 heavy (non-hydrogen) atoms. The molecule has 0 radical (unpaired) electrons. The molecule has 0 saturated carbocycles. The van der Waals surface area contributed by atoms with E-state index < -0.39 is 0 Å². The zero-order valence-electron chi connectivity index (χ0n) is 13.8. The van der Waals surface area contributed by atoms with Gasteiger partial charge in [0.1, 0.15) is 12.4 Å². The third kappa shape index (κ3) is 4.72. The number of methoxy groups -OCH3 is 2. The number of hydrogen-bond donors (Lipinski definition) is 2.